The zero-order chi connectivity index (χ0) is 18.6. The maximum atomic E-state index is 13.8. The first-order chi connectivity index (χ1) is 13.0. The van der Waals surface area contributed by atoms with Crippen LogP contribution < -0.4 is 5.32 Å². The molecule has 1 saturated carbocycles. The number of halogens is 2. The van der Waals surface area contributed by atoms with Crippen LogP contribution in [0, 0.1) is 12.8 Å². The van der Waals surface area contributed by atoms with Gasteiger partial charge in [0.05, 0.1) is 21.8 Å². The first-order valence-corrected chi connectivity index (χ1v) is 9.65. The van der Waals surface area contributed by atoms with Crippen LogP contribution in [0.1, 0.15) is 17.8 Å². The maximum Gasteiger partial charge on any atom is 0.267 e. The maximum absolute atomic E-state index is 13.8. The van der Waals surface area contributed by atoms with Gasteiger partial charge in [0.1, 0.15) is 5.65 Å². The number of fused-ring (bicyclic) bond motifs is 2. The molecule has 0 radical (unpaired) electrons. The number of aromatic amines is 1. The van der Waals surface area contributed by atoms with Crippen LogP contribution in [0.25, 0.3) is 32.4 Å². The third-order valence-corrected chi connectivity index (χ3v) is 5.83. The van der Waals surface area contributed by atoms with Gasteiger partial charge in [-0.05, 0) is 37.5 Å². The molecule has 5 rings (SSSR count). The zero-order valence-corrected chi connectivity index (χ0v) is 15.4. The molecule has 0 aliphatic heterocycles. The number of anilines is 1. The number of aromatic nitrogens is 4. The second-order valence-corrected chi connectivity index (χ2v) is 8.20. The van der Waals surface area contributed by atoms with Gasteiger partial charge in [-0.1, -0.05) is 6.07 Å². The molecule has 0 unspecified atom stereocenters. The lowest BCUT2D eigenvalue weighted by molar-refractivity contribution is -0.00831. The minimum absolute atomic E-state index is 0.213. The van der Waals surface area contributed by atoms with Crippen LogP contribution in [0.2, 0.25) is 0 Å². The molecule has 0 saturated heterocycles. The van der Waals surface area contributed by atoms with E-state index < -0.39 is 18.4 Å². The van der Waals surface area contributed by atoms with Gasteiger partial charge in [-0.3, -0.25) is 0 Å². The Bertz CT molecular complexity index is 1150. The minimum Gasteiger partial charge on any atom is -0.348 e. The Kier molecular flexibility index (Phi) is 3.65. The SMILES string of the molecule is Cc1nc2ccc(-c3c[nH]c4nc(NCC(F)(F)C5CC5)ncc34)cc2s1. The average molecular weight is 385 g/mol. The van der Waals surface area contributed by atoms with Crippen molar-refractivity contribution in [2.75, 3.05) is 11.9 Å². The van der Waals surface area contributed by atoms with Gasteiger partial charge in [-0.25, -0.2) is 18.7 Å². The summed E-state index contributed by atoms with van der Waals surface area (Å²) in [7, 11) is 0. The molecular formula is C19H17F2N5S. The van der Waals surface area contributed by atoms with E-state index in [2.05, 4.69) is 31.3 Å². The Morgan fingerprint density at radius 3 is 2.96 bits per heavy atom. The topological polar surface area (TPSA) is 66.5 Å². The second-order valence-electron chi connectivity index (χ2n) is 6.96. The number of H-pyrrole nitrogens is 1. The number of aryl methyl sites for hydroxylation is 1. The highest BCUT2D eigenvalue weighted by atomic mass is 32.1. The van der Waals surface area contributed by atoms with Crippen molar-refractivity contribution in [2.45, 2.75) is 25.7 Å². The van der Waals surface area contributed by atoms with Gasteiger partial charge in [-0.2, -0.15) is 4.98 Å². The van der Waals surface area contributed by atoms with Crippen LogP contribution in [-0.4, -0.2) is 32.4 Å². The van der Waals surface area contributed by atoms with Crippen molar-refractivity contribution < 1.29 is 8.78 Å². The molecule has 138 valence electrons. The van der Waals surface area contributed by atoms with Gasteiger partial charge in [-0.15, -0.1) is 11.3 Å². The number of rotatable bonds is 5. The summed E-state index contributed by atoms with van der Waals surface area (Å²) < 4.78 is 28.8. The van der Waals surface area contributed by atoms with E-state index in [1.807, 2.05) is 25.3 Å². The van der Waals surface area contributed by atoms with Crippen molar-refractivity contribution >= 4 is 38.5 Å². The number of nitrogens with zero attached hydrogens (tertiary/aromatic N) is 3. The highest BCUT2D eigenvalue weighted by Gasteiger charge is 2.46. The van der Waals surface area contributed by atoms with Gasteiger partial charge >= 0.3 is 0 Å². The van der Waals surface area contributed by atoms with E-state index >= 15 is 0 Å². The van der Waals surface area contributed by atoms with Crippen molar-refractivity contribution in [1.29, 1.82) is 0 Å². The first-order valence-electron chi connectivity index (χ1n) is 8.83. The van der Waals surface area contributed by atoms with Crippen LogP contribution in [0.15, 0.2) is 30.6 Å². The summed E-state index contributed by atoms with van der Waals surface area (Å²) >= 11 is 1.65. The van der Waals surface area contributed by atoms with Gasteiger partial charge in [0.25, 0.3) is 5.92 Å². The number of alkyl halides is 2. The summed E-state index contributed by atoms with van der Waals surface area (Å²) in [6, 6.07) is 6.13. The van der Waals surface area contributed by atoms with Crippen molar-refractivity contribution in [1.82, 2.24) is 19.9 Å². The molecule has 5 nitrogen and oxygen atoms in total. The third kappa shape index (κ3) is 3.03. The predicted octanol–water partition coefficient (Wildman–Crippen LogP) is 5.00. The summed E-state index contributed by atoms with van der Waals surface area (Å²) in [5, 5.41) is 4.56. The fourth-order valence-corrected chi connectivity index (χ4v) is 4.15. The first kappa shape index (κ1) is 16.6. The van der Waals surface area contributed by atoms with Crippen molar-refractivity contribution in [3.8, 4) is 11.1 Å². The Balaban J connectivity index is 1.44. The van der Waals surface area contributed by atoms with Gasteiger partial charge in [0, 0.05) is 29.3 Å². The number of thiazole rings is 1. The van der Waals surface area contributed by atoms with E-state index in [-0.39, 0.29) is 5.95 Å². The van der Waals surface area contributed by atoms with Gasteiger partial charge in [0.2, 0.25) is 5.95 Å². The quantitative estimate of drug-likeness (QED) is 0.507. The molecule has 4 aromatic rings. The van der Waals surface area contributed by atoms with E-state index in [1.54, 1.807) is 17.5 Å². The fraction of sp³-hybridized carbons (Fsp3) is 0.316. The summed E-state index contributed by atoms with van der Waals surface area (Å²) in [5.74, 6) is -3.00. The molecule has 0 atom stereocenters. The highest BCUT2D eigenvalue weighted by Crippen LogP contribution is 2.43. The van der Waals surface area contributed by atoms with Crippen LogP contribution >= 0.6 is 11.3 Å². The molecular weight excluding hydrogens is 368 g/mol. The highest BCUT2D eigenvalue weighted by molar-refractivity contribution is 7.18. The molecule has 1 fully saturated rings. The molecule has 0 spiro atoms. The molecule has 27 heavy (non-hydrogen) atoms. The Morgan fingerprint density at radius 1 is 1.30 bits per heavy atom. The summed E-state index contributed by atoms with van der Waals surface area (Å²) in [6.07, 6.45) is 4.74. The Morgan fingerprint density at radius 2 is 2.15 bits per heavy atom. The lowest BCUT2D eigenvalue weighted by atomic mass is 10.1. The smallest absolute Gasteiger partial charge is 0.267 e. The summed E-state index contributed by atoms with van der Waals surface area (Å²) in [6.45, 7) is 1.56. The molecule has 0 amide bonds. The molecule has 1 aliphatic rings. The number of hydrogen-bond acceptors (Lipinski definition) is 5. The standard InChI is InChI=1S/C19H17F2N5S/c1-10-25-15-5-2-11(6-16(15)27-10)13-7-22-17-14(13)8-23-18(26-17)24-9-19(20,21)12-3-4-12/h2,5-8,12H,3-4,9H2,1H3,(H2,22,23,24,26). The van der Waals surface area contributed by atoms with Crippen molar-refractivity contribution in [3.05, 3.63) is 35.6 Å². The van der Waals surface area contributed by atoms with E-state index in [9.17, 15) is 8.78 Å². The Labute approximate surface area is 157 Å². The summed E-state index contributed by atoms with van der Waals surface area (Å²) in [4.78, 5) is 16.2. The number of benzene rings is 1. The van der Waals surface area contributed by atoms with E-state index in [1.165, 1.54) is 0 Å². The molecule has 1 aliphatic carbocycles. The van der Waals surface area contributed by atoms with Crippen molar-refractivity contribution in [2.24, 2.45) is 5.92 Å². The van der Waals surface area contributed by atoms with Crippen LogP contribution in [0.5, 0.6) is 0 Å². The number of nitrogens with one attached hydrogen (secondary N) is 2. The molecule has 3 aromatic heterocycles. The van der Waals surface area contributed by atoms with Crippen LogP contribution in [0.4, 0.5) is 14.7 Å². The van der Waals surface area contributed by atoms with Gasteiger partial charge in [0.15, 0.2) is 0 Å². The predicted molar refractivity (Wildman–Crippen MR) is 103 cm³/mol. The largest absolute Gasteiger partial charge is 0.348 e. The van der Waals surface area contributed by atoms with E-state index in [0.717, 1.165) is 31.7 Å². The summed E-state index contributed by atoms with van der Waals surface area (Å²) in [5.41, 5.74) is 3.63. The monoisotopic (exact) mass is 385 g/mol. The molecule has 2 N–H and O–H groups in total. The average Bonchev–Trinajstić information content (AvgIpc) is 3.33. The number of hydrogen-bond donors (Lipinski definition) is 2. The van der Waals surface area contributed by atoms with E-state index in [0.29, 0.717) is 18.5 Å². The van der Waals surface area contributed by atoms with Gasteiger partial charge < -0.3 is 10.3 Å². The van der Waals surface area contributed by atoms with Crippen LogP contribution in [-0.2, 0) is 0 Å². The zero-order valence-electron chi connectivity index (χ0n) is 14.6. The second kappa shape index (κ2) is 5.95. The molecule has 8 heteroatoms. The fourth-order valence-electron chi connectivity index (χ4n) is 3.29. The van der Waals surface area contributed by atoms with Crippen LogP contribution in [0.3, 0.4) is 0 Å². The van der Waals surface area contributed by atoms with Crippen molar-refractivity contribution in [3.63, 3.8) is 0 Å². The molecule has 1 aromatic carbocycles. The van der Waals surface area contributed by atoms with E-state index in [4.69, 9.17) is 0 Å². The third-order valence-electron chi connectivity index (χ3n) is 4.90. The lowest BCUT2D eigenvalue weighted by Crippen LogP contribution is -2.29. The Hall–Kier alpha value is -2.61. The lowest BCUT2D eigenvalue weighted by Gasteiger charge is -2.15. The molecule has 0 bridgehead atoms. The minimum atomic E-state index is -2.71. The molecule has 3 heterocycles. The normalized spacial score (nSPS) is 14.9.